The van der Waals surface area contributed by atoms with E-state index in [4.69, 9.17) is 4.74 Å². The lowest BCUT2D eigenvalue weighted by atomic mass is 10.0. The molecule has 1 aromatic rings. The third-order valence-corrected chi connectivity index (χ3v) is 3.96. The maximum atomic E-state index is 6.09. The minimum absolute atomic E-state index is 0.562. The van der Waals surface area contributed by atoms with Gasteiger partial charge < -0.3 is 15.0 Å². The number of benzene rings is 1. The van der Waals surface area contributed by atoms with Crippen molar-refractivity contribution in [1.29, 1.82) is 0 Å². The Morgan fingerprint density at radius 2 is 1.90 bits per heavy atom. The van der Waals surface area contributed by atoms with Gasteiger partial charge in [0.1, 0.15) is 5.75 Å². The van der Waals surface area contributed by atoms with Gasteiger partial charge >= 0.3 is 0 Å². The molecule has 0 amide bonds. The number of piperazine rings is 1. The average molecular weight is 290 g/mol. The minimum atomic E-state index is 0.562. The van der Waals surface area contributed by atoms with Crippen molar-refractivity contribution in [2.75, 3.05) is 39.3 Å². The fraction of sp³-hybridized carbons (Fsp3) is 0.667. The van der Waals surface area contributed by atoms with Gasteiger partial charge in [-0.1, -0.05) is 31.5 Å². The Bertz CT molecular complexity index is 451. The van der Waals surface area contributed by atoms with Gasteiger partial charge in [0.05, 0.1) is 6.61 Å². The Hall–Kier alpha value is -1.06. The molecule has 1 aromatic carbocycles. The largest absolute Gasteiger partial charge is 0.493 e. The van der Waals surface area contributed by atoms with Gasteiger partial charge in [0.25, 0.3) is 0 Å². The van der Waals surface area contributed by atoms with E-state index in [1.807, 2.05) is 0 Å². The highest BCUT2D eigenvalue weighted by Crippen LogP contribution is 2.26. The molecule has 1 heterocycles. The highest BCUT2D eigenvalue weighted by atomic mass is 16.5. The van der Waals surface area contributed by atoms with E-state index in [1.165, 1.54) is 16.7 Å². The van der Waals surface area contributed by atoms with Gasteiger partial charge in [-0.25, -0.2) is 0 Å². The number of rotatable bonds is 6. The monoisotopic (exact) mass is 290 g/mol. The van der Waals surface area contributed by atoms with E-state index in [0.717, 1.165) is 51.5 Å². The summed E-state index contributed by atoms with van der Waals surface area (Å²) in [6.07, 6.45) is 1.08. The molecule has 2 rings (SSSR count). The molecule has 1 aliphatic rings. The molecule has 21 heavy (non-hydrogen) atoms. The SMILES string of the molecule is Cc1cc(C)c(OCC(C)C)c(CCN2CCNCC2)c1. The Morgan fingerprint density at radius 3 is 2.57 bits per heavy atom. The maximum Gasteiger partial charge on any atom is 0.125 e. The van der Waals surface area contributed by atoms with Crippen LogP contribution in [-0.2, 0) is 6.42 Å². The zero-order valence-electron chi connectivity index (χ0n) is 14.0. The number of hydrogen-bond acceptors (Lipinski definition) is 3. The van der Waals surface area contributed by atoms with Crippen LogP contribution in [0.1, 0.15) is 30.5 Å². The lowest BCUT2D eigenvalue weighted by molar-refractivity contribution is 0.239. The van der Waals surface area contributed by atoms with Crippen LogP contribution in [0.25, 0.3) is 0 Å². The second kappa shape index (κ2) is 7.81. The molecular weight excluding hydrogens is 260 g/mol. The van der Waals surface area contributed by atoms with Crippen molar-refractivity contribution in [3.05, 3.63) is 28.8 Å². The van der Waals surface area contributed by atoms with Crippen molar-refractivity contribution in [3.63, 3.8) is 0 Å². The summed E-state index contributed by atoms with van der Waals surface area (Å²) < 4.78 is 6.09. The highest BCUT2D eigenvalue weighted by Gasteiger charge is 2.13. The van der Waals surface area contributed by atoms with Crippen molar-refractivity contribution in [2.24, 2.45) is 5.92 Å². The molecule has 0 aromatic heterocycles. The van der Waals surface area contributed by atoms with Gasteiger partial charge in [0, 0.05) is 32.7 Å². The summed E-state index contributed by atoms with van der Waals surface area (Å²) in [5, 5.41) is 3.41. The predicted molar refractivity (Wildman–Crippen MR) is 89.3 cm³/mol. The molecule has 0 aliphatic carbocycles. The molecule has 0 atom stereocenters. The Labute approximate surface area is 129 Å². The topological polar surface area (TPSA) is 24.5 Å². The van der Waals surface area contributed by atoms with Gasteiger partial charge in [-0.15, -0.1) is 0 Å². The molecule has 0 radical (unpaired) electrons. The zero-order valence-corrected chi connectivity index (χ0v) is 14.0. The molecule has 1 aliphatic heterocycles. The first kappa shape index (κ1) is 16.3. The number of nitrogens with one attached hydrogen (secondary N) is 1. The van der Waals surface area contributed by atoms with Crippen LogP contribution < -0.4 is 10.1 Å². The summed E-state index contributed by atoms with van der Waals surface area (Å²) in [7, 11) is 0. The van der Waals surface area contributed by atoms with Crippen LogP contribution in [0.4, 0.5) is 0 Å². The van der Waals surface area contributed by atoms with E-state index >= 15 is 0 Å². The average Bonchev–Trinajstić information content (AvgIpc) is 2.44. The molecule has 0 saturated carbocycles. The lowest BCUT2D eigenvalue weighted by Gasteiger charge is -2.27. The van der Waals surface area contributed by atoms with Crippen LogP contribution >= 0.6 is 0 Å². The third kappa shape index (κ3) is 5.01. The van der Waals surface area contributed by atoms with Crippen LogP contribution in [0.3, 0.4) is 0 Å². The second-order valence-corrected chi connectivity index (χ2v) is 6.62. The Morgan fingerprint density at radius 1 is 1.19 bits per heavy atom. The highest BCUT2D eigenvalue weighted by molar-refractivity contribution is 5.44. The van der Waals surface area contributed by atoms with Gasteiger partial charge in [-0.3, -0.25) is 0 Å². The van der Waals surface area contributed by atoms with Crippen LogP contribution in [-0.4, -0.2) is 44.2 Å². The zero-order chi connectivity index (χ0) is 15.2. The van der Waals surface area contributed by atoms with Gasteiger partial charge in [0.15, 0.2) is 0 Å². The quantitative estimate of drug-likeness (QED) is 0.872. The van der Waals surface area contributed by atoms with Crippen molar-refractivity contribution in [3.8, 4) is 5.75 Å². The van der Waals surface area contributed by atoms with E-state index in [1.54, 1.807) is 0 Å². The number of nitrogens with zero attached hydrogens (tertiary/aromatic N) is 1. The van der Waals surface area contributed by atoms with E-state index in [0.29, 0.717) is 5.92 Å². The first-order chi connectivity index (χ1) is 10.1. The second-order valence-electron chi connectivity index (χ2n) is 6.62. The third-order valence-electron chi connectivity index (χ3n) is 3.96. The number of aryl methyl sites for hydroxylation is 2. The van der Waals surface area contributed by atoms with Crippen molar-refractivity contribution in [2.45, 2.75) is 34.1 Å². The van der Waals surface area contributed by atoms with Gasteiger partial charge in [-0.05, 0) is 37.3 Å². The van der Waals surface area contributed by atoms with E-state index in [9.17, 15) is 0 Å². The minimum Gasteiger partial charge on any atom is -0.493 e. The number of ether oxygens (including phenoxy) is 1. The normalized spacial score (nSPS) is 16.4. The van der Waals surface area contributed by atoms with Gasteiger partial charge in [0.2, 0.25) is 0 Å². The molecule has 1 fully saturated rings. The van der Waals surface area contributed by atoms with Crippen LogP contribution in [0.2, 0.25) is 0 Å². The van der Waals surface area contributed by atoms with E-state index in [-0.39, 0.29) is 0 Å². The molecule has 0 unspecified atom stereocenters. The lowest BCUT2D eigenvalue weighted by Crippen LogP contribution is -2.44. The first-order valence-corrected chi connectivity index (χ1v) is 8.22. The fourth-order valence-corrected chi connectivity index (χ4v) is 2.90. The Balaban J connectivity index is 2.04. The summed E-state index contributed by atoms with van der Waals surface area (Å²) in [5.41, 5.74) is 3.97. The molecule has 0 bridgehead atoms. The number of hydrogen-bond donors (Lipinski definition) is 1. The van der Waals surface area contributed by atoms with E-state index < -0.39 is 0 Å². The molecule has 3 heteroatoms. The molecule has 0 spiro atoms. The molecular formula is C18H30N2O. The first-order valence-electron chi connectivity index (χ1n) is 8.22. The van der Waals surface area contributed by atoms with Crippen molar-refractivity contribution < 1.29 is 4.74 Å². The smallest absolute Gasteiger partial charge is 0.125 e. The summed E-state index contributed by atoms with van der Waals surface area (Å²) in [4.78, 5) is 2.54. The molecule has 118 valence electrons. The molecule has 1 N–H and O–H groups in total. The summed E-state index contributed by atoms with van der Waals surface area (Å²) in [5.74, 6) is 1.68. The van der Waals surface area contributed by atoms with E-state index in [2.05, 4.69) is 50.0 Å². The summed E-state index contributed by atoms with van der Waals surface area (Å²) >= 11 is 0. The van der Waals surface area contributed by atoms with Crippen LogP contribution in [0, 0.1) is 19.8 Å². The standard InChI is InChI=1S/C18H30N2O/c1-14(2)13-21-18-16(4)11-15(3)12-17(18)5-8-20-9-6-19-7-10-20/h11-12,14,19H,5-10,13H2,1-4H3. The van der Waals surface area contributed by atoms with Crippen molar-refractivity contribution in [1.82, 2.24) is 10.2 Å². The molecule has 1 saturated heterocycles. The van der Waals surface area contributed by atoms with Crippen molar-refractivity contribution >= 4 is 0 Å². The fourth-order valence-electron chi connectivity index (χ4n) is 2.90. The predicted octanol–water partition coefficient (Wildman–Crippen LogP) is 2.79. The van der Waals surface area contributed by atoms with Gasteiger partial charge in [-0.2, -0.15) is 0 Å². The Kier molecular flexibility index (Phi) is 6.07. The summed E-state index contributed by atoms with van der Waals surface area (Å²) in [6, 6.07) is 4.52. The maximum absolute atomic E-state index is 6.09. The van der Waals surface area contributed by atoms with Crippen LogP contribution in [0.5, 0.6) is 5.75 Å². The summed E-state index contributed by atoms with van der Waals surface area (Å²) in [6.45, 7) is 15.2. The molecule has 3 nitrogen and oxygen atoms in total. The van der Waals surface area contributed by atoms with Crippen LogP contribution in [0.15, 0.2) is 12.1 Å².